The van der Waals surface area contributed by atoms with Gasteiger partial charge in [0.15, 0.2) is 0 Å². The zero-order valence-corrected chi connectivity index (χ0v) is 39.3. The lowest BCUT2D eigenvalue weighted by Crippen LogP contribution is -2.18. The minimum absolute atomic E-state index is 0.207. The molecular weight excluding hydrogens is 833 g/mol. The number of para-hydroxylation sites is 3. The SMILES string of the molecule is CC1(C)c2ccc(-c3ccccc3)cc2-c2ccc(N(c3cc4ccc3CCc3ccc(c(N(c5ccccc5)c5ccccc5)c3)CC4)c3c(-c4ccccc4)cccc3-c3ccccc3)cc21. The van der Waals surface area contributed by atoms with E-state index >= 15 is 0 Å². The molecule has 0 heterocycles. The van der Waals surface area contributed by atoms with E-state index in [1.165, 1.54) is 106 Å². The van der Waals surface area contributed by atoms with Crippen LogP contribution < -0.4 is 9.80 Å². The van der Waals surface area contributed by atoms with Gasteiger partial charge in [-0.2, -0.15) is 0 Å². The Hall–Kier alpha value is -8.20. The van der Waals surface area contributed by atoms with Crippen molar-refractivity contribution in [1.29, 1.82) is 0 Å². The van der Waals surface area contributed by atoms with Crippen LogP contribution in [0.4, 0.5) is 34.1 Å². The summed E-state index contributed by atoms with van der Waals surface area (Å²) in [6.45, 7) is 4.81. The molecular formula is C67H54N2. The minimum atomic E-state index is -0.207. The van der Waals surface area contributed by atoms with E-state index in [1.54, 1.807) is 0 Å². The highest BCUT2D eigenvalue weighted by atomic mass is 15.2. The molecule has 10 aromatic rings. The third kappa shape index (κ3) is 7.82. The predicted molar refractivity (Wildman–Crippen MR) is 291 cm³/mol. The maximum Gasteiger partial charge on any atom is 0.0618 e. The van der Waals surface area contributed by atoms with Crippen LogP contribution in [-0.2, 0) is 31.1 Å². The zero-order chi connectivity index (χ0) is 46.3. The first-order valence-electron chi connectivity index (χ1n) is 24.5. The van der Waals surface area contributed by atoms with Crippen molar-refractivity contribution in [1.82, 2.24) is 0 Å². The lowest BCUT2D eigenvalue weighted by molar-refractivity contribution is 0.660. The summed E-state index contributed by atoms with van der Waals surface area (Å²) >= 11 is 0. The van der Waals surface area contributed by atoms with Crippen LogP contribution >= 0.6 is 0 Å². The second-order valence-corrected chi connectivity index (χ2v) is 19.2. The number of rotatable bonds is 9. The van der Waals surface area contributed by atoms with Gasteiger partial charge in [-0.1, -0.05) is 202 Å². The summed E-state index contributed by atoms with van der Waals surface area (Å²) in [7, 11) is 0. The molecule has 0 aromatic heterocycles. The Morgan fingerprint density at radius 1 is 0.304 bits per heavy atom. The van der Waals surface area contributed by atoms with Crippen molar-refractivity contribution in [2.45, 2.75) is 44.9 Å². The normalized spacial score (nSPS) is 13.2. The topological polar surface area (TPSA) is 6.48 Å². The Balaban J connectivity index is 1.04. The Bertz CT molecular complexity index is 3350. The average molecular weight is 887 g/mol. The van der Waals surface area contributed by atoms with Crippen LogP contribution in [0.5, 0.6) is 0 Å². The van der Waals surface area contributed by atoms with Gasteiger partial charge in [0, 0.05) is 45.0 Å². The van der Waals surface area contributed by atoms with Crippen molar-refractivity contribution in [3.8, 4) is 44.5 Å². The Labute approximate surface area is 407 Å². The van der Waals surface area contributed by atoms with Crippen molar-refractivity contribution < 1.29 is 0 Å². The molecule has 0 N–H and O–H groups in total. The van der Waals surface area contributed by atoms with Gasteiger partial charge in [0.2, 0.25) is 0 Å². The third-order valence-corrected chi connectivity index (χ3v) is 14.6. The van der Waals surface area contributed by atoms with Gasteiger partial charge >= 0.3 is 0 Å². The van der Waals surface area contributed by atoms with Gasteiger partial charge in [0.25, 0.3) is 0 Å². The van der Waals surface area contributed by atoms with E-state index in [2.05, 4.69) is 266 Å². The van der Waals surface area contributed by atoms with E-state index in [4.69, 9.17) is 0 Å². The molecule has 0 fully saturated rings. The van der Waals surface area contributed by atoms with Gasteiger partial charge < -0.3 is 9.80 Å². The number of aryl methyl sites for hydroxylation is 4. The van der Waals surface area contributed by atoms with Gasteiger partial charge in [-0.15, -0.1) is 0 Å². The third-order valence-electron chi connectivity index (χ3n) is 14.6. The molecule has 332 valence electrons. The molecule has 15 rings (SSSR count). The van der Waals surface area contributed by atoms with Crippen molar-refractivity contribution >= 4 is 34.1 Å². The van der Waals surface area contributed by atoms with E-state index in [0.29, 0.717) is 0 Å². The zero-order valence-electron chi connectivity index (χ0n) is 39.3. The van der Waals surface area contributed by atoms with Crippen LogP contribution in [0.15, 0.2) is 243 Å². The first kappa shape index (κ1) is 42.2. The molecule has 69 heavy (non-hydrogen) atoms. The highest BCUT2D eigenvalue weighted by Gasteiger charge is 2.37. The molecule has 2 nitrogen and oxygen atoms in total. The van der Waals surface area contributed by atoms with E-state index in [1.807, 2.05) is 0 Å². The summed E-state index contributed by atoms with van der Waals surface area (Å²) in [5.41, 5.74) is 24.9. The highest BCUT2D eigenvalue weighted by Crippen LogP contribution is 2.54. The molecule has 0 saturated carbocycles. The van der Waals surface area contributed by atoms with E-state index < -0.39 is 0 Å². The molecule has 0 aliphatic heterocycles. The van der Waals surface area contributed by atoms with E-state index in [-0.39, 0.29) is 5.41 Å². The Kier molecular flexibility index (Phi) is 10.9. The summed E-state index contributed by atoms with van der Waals surface area (Å²) < 4.78 is 0. The maximum atomic E-state index is 2.63. The van der Waals surface area contributed by atoms with Gasteiger partial charge in [0.1, 0.15) is 0 Å². The standard InChI is InChI=1S/C67H54N2/c1-67(2)62-42-39-54(49-19-8-3-9-20-49)45-61(62)60-41-40-57(46-63(60)67)69(66-58(50-21-10-4-11-22-50)29-18-30-59(66)51-23-12-5-13-24-51)65-44-48-32-36-52-35-31-47(33-37-53(65)38-34-48)43-64(52)68(55-25-14-6-15-26-55)56-27-16-7-17-28-56/h3-31,34-35,38-46H,32-33,36-37H2,1-2H3. The van der Waals surface area contributed by atoms with Crippen LogP contribution in [0, 0.1) is 0 Å². The highest BCUT2D eigenvalue weighted by molar-refractivity contribution is 5.99. The number of hydrogen-bond acceptors (Lipinski definition) is 2. The second kappa shape index (κ2) is 17.8. The van der Waals surface area contributed by atoms with Gasteiger partial charge in [-0.05, 0) is 147 Å². The molecule has 0 amide bonds. The van der Waals surface area contributed by atoms with Crippen LogP contribution in [-0.4, -0.2) is 0 Å². The summed E-state index contributed by atoms with van der Waals surface area (Å²) in [4.78, 5) is 5.07. The lowest BCUT2D eigenvalue weighted by Gasteiger charge is -2.34. The van der Waals surface area contributed by atoms with Crippen molar-refractivity contribution in [2.75, 3.05) is 9.80 Å². The van der Waals surface area contributed by atoms with Crippen molar-refractivity contribution in [3.05, 3.63) is 276 Å². The molecule has 0 atom stereocenters. The maximum absolute atomic E-state index is 2.63. The molecule has 0 radical (unpaired) electrons. The predicted octanol–water partition coefficient (Wildman–Crippen LogP) is 17.8. The fraction of sp³-hybridized carbons (Fsp3) is 0.104. The molecule has 2 heteroatoms. The minimum Gasteiger partial charge on any atom is -0.310 e. The summed E-state index contributed by atoms with van der Waals surface area (Å²) in [6, 6.07) is 90.2. The smallest absolute Gasteiger partial charge is 0.0618 e. The Morgan fingerprint density at radius 3 is 1.33 bits per heavy atom. The van der Waals surface area contributed by atoms with Gasteiger partial charge in [-0.3, -0.25) is 0 Å². The number of benzene rings is 10. The second-order valence-electron chi connectivity index (χ2n) is 19.2. The van der Waals surface area contributed by atoms with Gasteiger partial charge in [-0.25, -0.2) is 0 Å². The van der Waals surface area contributed by atoms with Crippen LogP contribution in [0.2, 0.25) is 0 Å². The molecule has 5 aliphatic rings. The Morgan fingerprint density at radius 2 is 0.797 bits per heavy atom. The lowest BCUT2D eigenvalue weighted by atomic mass is 9.82. The van der Waals surface area contributed by atoms with E-state index in [0.717, 1.165) is 31.4 Å². The fourth-order valence-corrected chi connectivity index (χ4v) is 11.1. The van der Waals surface area contributed by atoms with Crippen LogP contribution in [0.1, 0.15) is 47.2 Å². The summed E-state index contributed by atoms with van der Waals surface area (Å²) in [5.74, 6) is 0. The number of hydrogen-bond donors (Lipinski definition) is 0. The molecule has 0 unspecified atom stereocenters. The molecule has 5 aliphatic carbocycles. The molecule has 10 aromatic carbocycles. The van der Waals surface area contributed by atoms with Crippen LogP contribution in [0.3, 0.4) is 0 Å². The first-order valence-corrected chi connectivity index (χ1v) is 24.5. The first-order chi connectivity index (χ1) is 34.0. The van der Waals surface area contributed by atoms with Crippen molar-refractivity contribution in [2.24, 2.45) is 0 Å². The monoisotopic (exact) mass is 886 g/mol. The number of nitrogens with zero attached hydrogens (tertiary/aromatic N) is 2. The molecule has 0 spiro atoms. The number of fused-ring (bicyclic) bond motifs is 3. The summed E-state index contributed by atoms with van der Waals surface area (Å²) in [5, 5.41) is 0. The fourth-order valence-electron chi connectivity index (χ4n) is 11.1. The molecule has 4 bridgehead atoms. The largest absolute Gasteiger partial charge is 0.310 e. The number of anilines is 6. The molecule has 0 saturated heterocycles. The average Bonchev–Trinajstić information content (AvgIpc) is 3.63. The quantitative estimate of drug-likeness (QED) is 0.142. The summed E-state index contributed by atoms with van der Waals surface area (Å²) in [6.07, 6.45) is 3.57. The van der Waals surface area contributed by atoms with E-state index in [9.17, 15) is 0 Å². The van der Waals surface area contributed by atoms with Crippen LogP contribution in [0.25, 0.3) is 44.5 Å². The van der Waals surface area contributed by atoms with Gasteiger partial charge in [0.05, 0.1) is 5.69 Å². The van der Waals surface area contributed by atoms with Crippen molar-refractivity contribution in [3.63, 3.8) is 0 Å².